The number of rotatable bonds is 4. The molecule has 25 heavy (non-hydrogen) atoms. The van der Waals surface area contributed by atoms with E-state index in [1.54, 1.807) is 12.5 Å². The van der Waals surface area contributed by atoms with E-state index in [1.807, 2.05) is 36.6 Å². The fourth-order valence-corrected chi connectivity index (χ4v) is 4.16. The Balaban J connectivity index is 1.82. The van der Waals surface area contributed by atoms with Crippen LogP contribution in [0.5, 0.6) is 0 Å². The van der Waals surface area contributed by atoms with Crippen molar-refractivity contribution >= 4 is 11.8 Å². The number of carbonyl (C=O) groups is 2. The van der Waals surface area contributed by atoms with Gasteiger partial charge in [-0.3, -0.25) is 14.5 Å². The predicted octanol–water partition coefficient (Wildman–Crippen LogP) is 1.82. The van der Waals surface area contributed by atoms with Gasteiger partial charge in [0.2, 0.25) is 11.8 Å². The van der Waals surface area contributed by atoms with Crippen LogP contribution in [0.3, 0.4) is 0 Å². The fourth-order valence-electron chi connectivity index (χ4n) is 4.16. The zero-order valence-electron chi connectivity index (χ0n) is 15.5. The molecule has 1 aromatic rings. The van der Waals surface area contributed by atoms with Crippen molar-refractivity contribution in [2.24, 2.45) is 11.3 Å². The molecular formula is C19H29N3O3. The molecule has 0 N–H and O–H groups in total. The number of likely N-dealkylation sites (tertiary alicyclic amines) is 1. The number of carbonyl (C=O) groups excluding carboxylic acids is 2. The molecule has 0 saturated carbocycles. The lowest BCUT2D eigenvalue weighted by Gasteiger charge is -2.34. The summed E-state index contributed by atoms with van der Waals surface area (Å²) in [5, 5.41) is 0. The Labute approximate surface area is 149 Å². The van der Waals surface area contributed by atoms with E-state index < -0.39 is 0 Å². The standard InChI is InChI=1S/C19H29N3O3/c1-4-21-13-19(9-17(21)23)12-20(10-16-5-8-25-11-16)6-7-22(14-19)18(24)15(2)3/h5,8,11,15H,4,6-7,9-10,12-14H2,1-3H3/t19-/m1/s1. The summed E-state index contributed by atoms with van der Waals surface area (Å²) >= 11 is 0. The molecule has 0 unspecified atom stereocenters. The molecule has 3 rings (SSSR count). The molecular weight excluding hydrogens is 318 g/mol. The van der Waals surface area contributed by atoms with Crippen molar-refractivity contribution in [1.29, 1.82) is 0 Å². The van der Waals surface area contributed by atoms with Crippen molar-refractivity contribution < 1.29 is 14.0 Å². The first-order valence-corrected chi connectivity index (χ1v) is 9.22. The first kappa shape index (κ1) is 18.0. The largest absolute Gasteiger partial charge is 0.472 e. The van der Waals surface area contributed by atoms with Gasteiger partial charge in [-0.1, -0.05) is 13.8 Å². The summed E-state index contributed by atoms with van der Waals surface area (Å²) in [6, 6.07) is 1.98. The van der Waals surface area contributed by atoms with E-state index in [0.29, 0.717) is 13.0 Å². The molecule has 1 aromatic heterocycles. The van der Waals surface area contributed by atoms with Gasteiger partial charge in [-0.15, -0.1) is 0 Å². The molecule has 2 fully saturated rings. The molecule has 6 nitrogen and oxygen atoms in total. The van der Waals surface area contributed by atoms with Crippen LogP contribution in [-0.4, -0.2) is 65.8 Å². The monoisotopic (exact) mass is 347 g/mol. The van der Waals surface area contributed by atoms with Crippen LogP contribution in [0.15, 0.2) is 23.0 Å². The minimum Gasteiger partial charge on any atom is -0.472 e. The summed E-state index contributed by atoms with van der Waals surface area (Å²) in [7, 11) is 0. The number of amides is 2. The lowest BCUT2D eigenvalue weighted by atomic mass is 9.85. The highest BCUT2D eigenvalue weighted by molar-refractivity contribution is 5.81. The van der Waals surface area contributed by atoms with Crippen molar-refractivity contribution in [2.45, 2.75) is 33.7 Å². The summed E-state index contributed by atoms with van der Waals surface area (Å²) < 4.78 is 5.19. The smallest absolute Gasteiger partial charge is 0.225 e. The maximum atomic E-state index is 12.6. The van der Waals surface area contributed by atoms with E-state index >= 15 is 0 Å². The van der Waals surface area contributed by atoms with Gasteiger partial charge in [0.1, 0.15) is 0 Å². The van der Waals surface area contributed by atoms with Crippen molar-refractivity contribution in [3.63, 3.8) is 0 Å². The first-order chi connectivity index (χ1) is 11.9. The minimum absolute atomic E-state index is 0.0168. The van der Waals surface area contributed by atoms with Gasteiger partial charge in [-0.05, 0) is 13.0 Å². The van der Waals surface area contributed by atoms with Gasteiger partial charge in [0.25, 0.3) is 0 Å². The second kappa shape index (κ2) is 7.20. The second-order valence-corrected chi connectivity index (χ2v) is 7.84. The maximum Gasteiger partial charge on any atom is 0.225 e. The van der Waals surface area contributed by atoms with Crippen LogP contribution >= 0.6 is 0 Å². The van der Waals surface area contributed by atoms with E-state index in [9.17, 15) is 9.59 Å². The van der Waals surface area contributed by atoms with E-state index in [-0.39, 0.29) is 23.1 Å². The summed E-state index contributed by atoms with van der Waals surface area (Å²) in [5.74, 6) is 0.383. The van der Waals surface area contributed by atoms with Crippen LogP contribution in [0.4, 0.5) is 0 Å². The third-order valence-electron chi connectivity index (χ3n) is 5.35. The lowest BCUT2D eigenvalue weighted by Crippen LogP contribution is -2.45. The lowest BCUT2D eigenvalue weighted by molar-refractivity contribution is -0.135. The molecule has 0 radical (unpaired) electrons. The van der Waals surface area contributed by atoms with Crippen molar-refractivity contribution in [3.05, 3.63) is 24.2 Å². The second-order valence-electron chi connectivity index (χ2n) is 7.84. The predicted molar refractivity (Wildman–Crippen MR) is 94.7 cm³/mol. The zero-order valence-corrected chi connectivity index (χ0v) is 15.5. The molecule has 3 heterocycles. The van der Waals surface area contributed by atoms with Gasteiger partial charge in [0, 0.05) is 69.1 Å². The van der Waals surface area contributed by atoms with Crippen LogP contribution in [0.2, 0.25) is 0 Å². The Hall–Kier alpha value is -1.82. The molecule has 2 aliphatic heterocycles. The highest BCUT2D eigenvalue weighted by Crippen LogP contribution is 2.35. The molecule has 0 aliphatic carbocycles. The summed E-state index contributed by atoms with van der Waals surface area (Å²) in [6.45, 7) is 11.2. The van der Waals surface area contributed by atoms with Gasteiger partial charge in [0.05, 0.1) is 12.5 Å². The van der Waals surface area contributed by atoms with E-state index in [2.05, 4.69) is 4.90 Å². The summed E-state index contributed by atoms with van der Waals surface area (Å²) in [6.07, 6.45) is 3.99. The average molecular weight is 347 g/mol. The maximum absolute atomic E-state index is 12.6. The van der Waals surface area contributed by atoms with E-state index in [0.717, 1.165) is 44.8 Å². The molecule has 2 amide bonds. The Kier molecular flexibility index (Phi) is 5.18. The summed E-state index contributed by atoms with van der Waals surface area (Å²) in [4.78, 5) is 31.3. The molecule has 2 aliphatic rings. The molecule has 0 aromatic carbocycles. The van der Waals surface area contributed by atoms with Crippen molar-refractivity contribution in [3.8, 4) is 0 Å². The summed E-state index contributed by atoms with van der Waals surface area (Å²) in [5.41, 5.74) is 0.966. The zero-order chi connectivity index (χ0) is 18.0. The highest BCUT2D eigenvalue weighted by Gasteiger charge is 2.46. The van der Waals surface area contributed by atoms with Crippen LogP contribution in [-0.2, 0) is 16.1 Å². The van der Waals surface area contributed by atoms with Gasteiger partial charge >= 0.3 is 0 Å². The molecule has 1 atom stereocenters. The number of furan rings is 1. The van der Waals surface area contributed by atoms with E-state index in [4.69, 9.17) is 4.42 Å². The van der Waals surface area contributed by atoms with Crippen LogP contribution in [0, 0.1) is 11.3 Å². The van der Waals surface area contributed by atoms with Crippen molar-refractivity contribution in [1.82, 2.24) is 14.7 Å². The SMILES string of the molecule is CCN1C[C@@]2(CC1=O)CN(Cc1ccoc1)CCN(C(=O)C(C)C)C2. The van der Waals surface area contributed by atoms with Crippen LogP contribution in [0.25, 0.3) is 0 Å². The van der Waals surface area contributed by atoms with E-state index in [1.165, 1.54) is 0 Å². The number of hydrogen-bond donors (Lipinski definition) is 0. The quantitative estimate of drug-likeness (QED) is 0.834. The molecule has 1 spiro atoms. The Morgan fingerprint density at radius 3 is 2.68 bits per heavy atom. The Morgan fingerprint density at radius 2 is 2.08 bits per heavy atom. The Morgan fingerprint density at radius 1 is 1.28 bits per heavy atom. The van der Waals surface area contributed by atoms with Gasteiger partial charge in [0.15, 0.2) is 0 Å². The topological polar surface area (TPSA) is 57.0 Å². The molecule has 0 bridgehead atoms. The number of hydrogen-bond acceptors (Lipinski definition) is 4. The average Bonchev–Trinajstić information content (AvgIpc) is 3.13. The minimum atomic E-state index is -0.169. The van der Waals surface area contributed by atoms with Gasteiger partial charge in [-0.2, -0.15) is 0 Å². The third kappa shape index (κ3) is 3.89. The molecule has 6 heteroatoms. The normalized spacial score (nSPS) is 25.2. The first-order valence-electron chi connectivity index (χ1n) is 9.22. The highest BCUT2D eigenvalue weighted by atomic mass is 16.3. The van der Waals surface area contributed by atoms with Crippen LogP contribution in [0.1, 0.15) is 32.8 Å². The van der Waals surface area contributed by atoms with Crippen LogP contribution < -0.4 is 0 Å². The number of nitrogens with zero attached hydrogens (tertiary/aromatic N) is 3. The van der Waals surface area contributed by atoms with Crippen molar-refractivity contribution in [2.75, 3.05) is 39.3 Å². The Bertz CT molecular complexity index is 613. The fraction of sp³-hybridized carbons (Fsp3) is 0.684. The molecule has 138 valence electrons. The molecule has 2 saturated heterocycles. The van der Waals surface area contributed by atoms with Gasteiger partial charge in [-0.25, -0.2) is 0 Å². The van der Waals surface area contributed by atoms with Gasteiger partial charge < -0.3 is 14.2 Å². The third-order valence-corrected chi connectivity index (χ3v) is 5.35.